The lowest BCUT2D eigenvalue weighted by atomic mass is 10.1. The quantitative estimate of drug-likeness (QED) is 0.0169. The third kappa shape index (κ3) is 75.2. The average molecular weight is 1500 g/mol. The number of aliphatic hydroxyl groups excluding tert-OH is 1. The highest BCUT2D eigenvalue weighted by Gasteiger charge is 2.30. The molecular weight excluding hydrogens is 1350 g/mol. The van der Waals surface area contributed by atoms with Gasteiger partial charge in [0.15, 0.2) is 12.2 Å². The summed E-state index contributed by atoms with van der Waals surface area (Å²) in [6.45, 7) is 4.49. The van der Waals surface area contributed by atoms with Crippen LogP contribution in [0.2, 0.25) is 0 Å². The van der Waals surface area contributed by atoms with Gasteiger partial charge >= 0.3 is 39.5 Å². The Morgan fingerprint density at radius 1 is 0.279 bits per heavy atom. The van der Waals surface area contributed by atoms with E-state index in [-0.39, 0.29) is 25.7 Å². The summed E-state index contributed by atoms with van der Waals surface area (Å²) in [6, 6.07) is 0. The molecular formula is C85H142O17P2. The van der Waals surface area contributed by atoms with Crippen LogP contribution in [0.25, 0.3) is 0 Å². The van der Waals surface area contributed by atoms with Crippen molar-refractivity contribution in [3.8, 4) is 0 Å². The topological polar surface area (TPSA) is 237 Å². The van der Waals surface area contributed by atoms with Gasteiger partial charge in [-0.2, -0.15) is 0 Å². The molecule has 0 radical (unpaired) electrons. The molecule has 5 unspecified atom stereocenters. The molecule has 104 heavy (non-hydrogen) atoms. The molecule has 19 heteroatoms. The van der Waals surface area contributed by atoms with Crippen molar-refractivity contribution in [1.82, 2.24) is 0 Å². The van der Waals surface area contributed by atoms with Crippen LogP contribution in [0.1, 0.15) is 310 Å². The van der Waals surface area contributed by atoms with E-state index >= 15 is 0 Å². The molecule has 0 saturated carbocycles. The molecule has 0 rings (SSSR count). The fraction of sp³-hybridized carbons (Fsp3) is 0.671. The number of aliphatic hydroxyl groups is 1. The number of esters is 4. The van der Waals surface area contributed by atoms with Gasteiger partial charge in [-0.25, -0.2) is 9.13 Å². The Balaban J connectivity index is 5.43. The highest BCUT2D eigenvalue weighted by Crippen LogP contribution is 2.45. The van der Waals surface area contributed by atoms with E-state index in [1.54, 1.807) is 0 Å². The Labute approximate surface area is 630 Å². The van der Waals surface area contributed by atoms with Gasteiger partial charge in [-0.1, -0.05) is 270 Å². The molecule has 0 heterocycles. The zero-order valence-corrected chi connectivity index (χ0v) is 66.7. The Bertz CT molecular complexity index is 2540. The molecule has 594 valence electrons. The molecule has 0 spiro atoms. The Morgan fingerprint density at radius 2 is 0.519 bits per heavy atom. The predicted octanol–water partition coefficient (Wildman–Crippen LogP) is 23.4. The maximum Gasteiger partial charge on any atom is 0.472 e. The third-order valence-corrected chi connectivity index (χ3v) is 18.2. The molecule has 0 fully saturated rings. The molecule has 0 bridgehead atoms. The largest absolute Gasteiger partial charge is 0.472 e. The number of rotatable bonds is 74. The van der Waals surface area contributed by atoms with Crippen LogP contribution >= 0.6 is 15.6 Å². The maximum atomic E-state index is 13.1. The second-order valence-electron chi connectivity index (χ2n) is 26.2. The van der Waals surface area contributed by atoms with E-state index in [1.807, 2.05) is 0 Å². The van der Waals surface area contributed by atoms with E-state index in [0.29, 0.717) is 25.7 Å². The van der Waals surface area contributed by atoms with Crippen LogP contribution in [-0.4, -0.2) is 96.7 Å². The summed E-state index contributed by atoms with van der Waals surface area (Å²) < 4.78 is 68.6. The Morgan fingerprint density at radius 3 is 0.827 bits per heavy atom. The molecule has 3 N–H and O–H groups in total. The molecule has 0 aliphatic rings. The molecule has 0 saturated heterocycles. The number of ether oxygens (including phenoxy) is 4. The van der Waals surface area contributed by atoms with Crippen LogP contribution in [-0.2, 0) is 65.4 Å². The van der Waals surface area contributed by atoms with Crippen molar-refractivity contribution in [2.24, 2.45) is 0 Å². The molecule has 0 aliphatic carbocycles. The average Bonchev–Trinajstić information content (AvgIpc) is 0.911. The van der Waals surface area contributed by atoms with Gasteiger partial charge in [-0.15, -0.1) is 0 Å². The number of carbonyl (C=O) groups excluding carboxylic acids is 4. The van der Waals surface area contributed by atoms with Crippen LogP contribution in [0.4, 0.5) is 0 Å². The highest BCUT2D eigenvalue weighted by atomic mass is 31.2. The van der Waals surface area contributed by atoms with Gasteiger partial charge < -0.3 is 33.8 Å². The summed E-state index contributed by atoms with van der Waals surface area (Å²) in [4.78, 5) is 73.0. The maximum absolute atomic E-state index is 13.1. The van der Waals surface area contributed by atoms with Crippen LogP contribution in [0.3, 0.4) is 0 Å². The van der Waals surface area contributed by atoms with Crippen molar-refractivity contribution in [3.63, 3.8) is 0 Å². The fourth-order valence-corrected chi connectivity index (χ4v) is 11.8. The number of hydrogen-bond acceptors (Lipinski definition) is 15. The number of phosphoric ester groups is 2. The van der Waals surface area contributed by atoms with Gasteiger partial charge in [-0.3, -0.25) is 37.3 Å². The molecule has 0 aromatic carbocycles. The first kappa shape index (κ1) is 98.9. The monoisotopic (exact) mass is 1500 g/mol. The highest BCUT2D eigenvalue weighted by molar-refractivity contribution is 7.47. The van der Waals surface area contributed by atoms with E-state index in [4.69, 9.17) is 37.0 Å². The first-order valence-electron chi connectivity index (χ1n) is 40.1. The lowest BCUT2D eigenvalue weighted by Crippen LogP contribution is -2.30. The first-order valence-corrected chi connectivity index (χ1v) is 43.1. The van der Waals surface area contributed by atoms with Crippen molar-refractivity contribution < 1.29 is 80.2 Å². The van der Waals surface area contributed by atoms with Crippen molar-refractivity contribution in [2.45, 2.75) is 329 Å². The second-order valence-corrected chi connectivity index (χ2v) is 29.1. The van der Waals surface area contributed by atoms with Crippen LogP contribution < -0.4 is 0 Å². The van der Waals surface area contributed by atoms with E-state index in [1.165, 1.54) is 38.5 Å². The normalized spacial score (nSPS) is 14.6. The van der Waals surface area contributed by atoms with Gasteiger partial charge in [0, 0.05) is 25.7 Å². The minimum atomic E-state index is -5.00. The van der Waals surface area contributed by atoms with Gasteiger partial charge in [0.25, 0.3) is 0 Å². The lowest BCUT2D eigenvalue weighted by molar-refractivity contribution is -0.161. The zero-order valence-electron chi connectivity index (χ0n) is 64.9. The van der Waals surface area contributed by atoms with E-state index in [9.17, 15) is 43.2 Å². The molecule has 17 nitrogen and oxygen atoms in total. The number of allylic oxidation sites excluding steroid dienone is 24. The van der Waals surface area contributed by atoms with E-state index in [0.717, 1.165) is 193 Å². The molecule has 0 aromatic rings. The van der Waals surface area contributed by atoms with E-state index < -0.39 is 97.5 Å². The smallest absolute Gasteiger partial charge is 0.462 e. The van der Waals surface area contributed by atoms with Gasteiger partial charge in [0.2, 0.25) is 0 Å². The fourth-order valence-electron chi connectivity index (χ4n) is 10.2. The first-order chi connectivity index (χ1) is 50.7. The third-order valence-electron chi connectivity index (χ3n) is 16.2. The summed E-state index contributed by atoms with van der Waals surface area (Å²) in [5, 5.41) is 10.6. The number of phosphoric acid groups is 2. The number of hydrogen-bond donors (Lipinski definition) is 3. The molecule has 5 atom stereocenters. The summed E-state index contributed by atoms with van der Waals surface area (Å²) in [7, 11) is -9.99. The minimum absolute atomic E-state index is 0.0543. The number of carbonyl (C=O) groups is 4. The van der Waals surface area contributed by atoms with E-state index in [2.05, 4.69) is 174 Å². The van der Waals surface area contributed by atoms with Crippen LogP contribution in [0, 0.1) is 0 Å². The van der Waals surface area contributed by atoms with Crippen LogP contribution in [0.5, 0.6) is 0 Å². The molecule has 0 aromatic heterocycles. The van der Waals surface area contributed by atoms with Gasteiger partial charge in [-0.05, 0) is 161 Å². The Kier molecular flexibility index (Phi) is 72.4. The van der Waals surface area contributed by atoms with Gasteiger partial charge in [0.1, 0.15) is 19.3 Å². The van der Waals surface area contributed by atoms with Crippen molar-refractivity contribution in [3.05, 3.63) is 146 Å². The summed E-state index contributed by atoms with van der Waals surface area (Å²) in [5.74, 6) is -2.27. The van der Waals surface area contributed by atoms with Crippen molar-refractivity contribution in [2.75, 3.05) is 39.6 Å². The zero-order chi connectivity index (χ0) is 76.0. The Hall–Kier alpha value is -5.06. The SMILES string of the molecule is CC/C=C\C/C=C\C/C=C\C/C=C\C/C=C\CCCCCC(=O)OCC(COP(=O)(O)OCC(O)COP(=O)(O)OCC(COC(=O)CCCCCCC/C=C\CCCCCCCC)OC(=O)CCCCCCC/C=C\C/C=C\CCC)OC(=O)CCCCCC/C=C\C/C=C\C/C=C\C/C=C\CC. The molecule has 0 aliphatic heterocycles. The molecule has 0 amide bonds. The van der Waals surface area contributed by atoms with Crippen molar-refractivity contribution >= 4 is 39.5 Å². The standard InChI is InChI=1S/C85H142O17P2/c1-5-9-13-17-21-25-29-33-36-38-39-41-43-47-50-54-58-62-66-70-83(88)96-76-81(102-85(90)72-68-64-60-56-52-48-44-40-37-34-30-26-22-18-14-10-6-2)78-100-104(93,94)98-74-79(86)73-97-103(91,92)99-77-80(101-84(89)71-67-63-59-55-51-45-32-28-24-20-16-12-8-4)75-95-82(87)69-65-61-57-53-49-46-42-35-31-27-23-19-15-11-7-3/h9-10,13-14,16,20-22,25-26,28,32-37,39,41-42,44,47-48,50,79-81,86H,5-8,11-12,15,17-19,23-24,27,29-31,38,40,43,45-46,49,51-78H2,1-4H3,(H,91,92)(H,93,94)/b13-9-,14-10-,20-16-,25-21-,26-22-,32-28-,36-33-,37-34-,41-39-,42-35-,48-44-,50-47-. The number of unbranched alkanes of at least 4 members (excludes halogenated alkanes) is 24. The predicted molar refractivity (Wildman–Crippen MR) is 427 cm³/mol. The summed E-state index contributed by atoms with van der Waals surface area (Å²) in [6.07, 6.45) is 86.8. The van der Waals surface area contributed by atoms with Crippen molar-refractivity contribution in [1.29, 1.82) is 0 Å². The van der Waals surface area contributed by atoms with Crippen LogP contribution in [0.15, 0.2) is 146 Å². The summed E-state index contributed by atoms with van der Waals surface area (Å²) in [5.41, 5.74) is 0. The summed E-state index contributed by atoms with van der Waals surface area (Å²) >= 11 is 0. The minimum Gasteiger partial charge on any atom is -0.462 e. The van der Waals surface area contributed by atoms with Gasteiger partial charge in [0.05, 0.1) is 26.4 Å². The second kappa shape index (κ2) is 76.1. The lowest BCUT2D eigenvalue weighted by Gasteiger charge is -2.21.